The van der Waals surface area contributed by atoms with E-state index in [1.54, 1.807) is 17.5 Å². The number of thiazole rings is 1. The Morgan fingerprint density at radius 3 is 2.79 bits per heavy atom. The van der Waals surface area contributed by atoms with Crippen molar-refractivity contribution in [2.75, 3.05) is 11.1 Å². The number of nitrogens with one attached hydrogen (secondary N) is 1. The molecule has 0 aliphatic rings. The summed E-state index contributed by atoms with van der Waals surface area (Å²) >= 11 is 2.48. The van der Waals surface area contributed by atoms with Crippen LogP contribution in [0.1, 0.15) is 20.9 Å². The number of anilines is 2. The van der Waals surface area contributed by atoms with Gasteiger partial charge in [-0.3, -0.25) is 20.2 Å². The normalized spacial score (nSPS) is 11.0. The minimum atomic E-state index is -0.458. The first kappa shape index (κ1) is 19.0. The van der Waals surface area contributed by atoms with E-state index >= 15 is 0 Å². The fraction of sp³-hybridized carbons (Fsp3) is 0.105. The molecule has 0 radical (unpaired) electrons. The van der Waals surface area contributed by atoms with Crippen LogP contribution in [-0.4, -0.2) is 20.8 Å². The maximum atomic E-state index is 12.8. The molecule has 4 rings (SSSR count). The molecule has 0 unspecified atom stereocenters. The van der Waals surface area contributed by atoms with Crippen LogP contribution in [0.3, 0.4) is 0 Å². The third-order valence-electron chi connectivity index (χ3n) is 4.31. The number of nitrogens with zero attached hydrogens (tertiary/aromatic N) is 3. The third kappa shape index (κ3) is 3.55. The topological polar surface area (TPSA) is 124 Å². The molecule has 0 saturated heterocycles. The number of carbonyl (C=O) groups is 1. The number of thiophene rings is 1. The maximum absolute atomic E-state index is 12.8. The fourth-order valence-electron chi connectivity index (χ4n) is 3.03. The highest BCUT2D eigenvalue weighted by Crippen LogP contribution is 2.36. The number of non-ortho nitro benzene ring substituents is 1. The number of nitro benzene ring substituents is 1. The molecule has 3 aromatic heterocycles. The van der Waals surface area contributed by atoms with Gasteiger partial charge in [-0.1, -0.05) is 12.1 Å². The number of amides is 1. The van der Waals surface area contributed by atoms with Crippen LogP contribution >= 0.6 is 22.7 Å². The second-order valence-electron chi connectivity index (χ2n) is 6.41. The van der Waals surface area contributed by atoms with Gasteiger partial charge in [0.25, 0.3) is 11.6 Å². The minimum absolute atomic E-state index is 0.0164. The lowest BCUT2D eigenvalue weighted by Gasteiger charge is -2.01. The van der Waals surface area contributed by atoms with Crippen molar-refractivity contribution in [3.63, 3.8) is 0 Å². The number of pyridine rings is 1. The van der Waals surface area contributed by atoms with Gasteiger partial charge in [0.1, 0.15) is 9.71 Å². The van der Waals surface area contributed by atoms with Crippen molar-refractivity contribution in [2.24, 2.45) is 0 Å². The molecule has 1 amide bonds. The summed E-state index contributed by atoms with van der Waals surface area (Å²) in [6, 6.07) is 8.12. The Bertz CT molecular complexity index is 1280. The van der Waals surface area contributed by atoms with Crippen LogP contribution < -0.4 is 11.1 Å². The lowest BCUT2D eigenvalue weighted by molar-refractivity contribution is -0.384. The number of nitrogen functional groups attached to an aromatic ring is 1. The molecule has 1 aromatic carbocycles. The lowest BCUT2D eigenvalue weighted by Crippen LogP contribution is -2.11. The highest BCUT2D eigenvalue weighted by molar-refractivity contribution is 7.21. The van der Waals surface area contributed by atoms with Crippen molar-refractivity contribution in [2.45, 2.75) is 13.8 Å². The van der Waals surface area contributed by atoms with Crippen molar-refractivity contribution in [1.29, 1.82) is 0 Å². The first-order valence-electron chi connectivity index (χ1n) is 8.51. The molecule has 3 N–H and O–H groups in total. The van der Waals surface area contributed by atoms with Gasteiger partial charge in [-0.25, -0.2) is 9.97 Å². The van der Waals surface area contributed by atoms with Crippen LogP contribution in [0, 0.1) is 24.0 Å². The van der Waals surface area contributed by atoms with Gasteiger partial charge in [0.2, 0.25) is 0 Å². The number of benzene rings is 1. The number of rotatable bonds is 4. The number of nitrogens with two attached hydrogens (primary N) is 1. The number of fused-ring (bicyclic) bond motifs is 1. The Balaban J connectivity index is 1.61. The molecule has 0 spiro atoms. The van der Waals surface area contributed by atoms with E-state index in [1.165, 1.54) is 34.8 Å². The van der Waals surface area contributed by atoms with Gasteiger partial charge in [0.15, 0.2) is 5.13 Å². The number of aryl methyl sites for hydroxylation is 2. The molecule has 29 heavy (non-hydrogen) atoms. The Kier molecular flexibility index (Phi) is 4.73. The first-order chi connectivity index (χ1) is 13.8. The molecule has 0 aliphatic heterocycles. The van der Waals surface area contributed by atoms with Crippen LogP contribution in [-0.2, 0) is 0 Å². The van der Waals surface area contributed by atoms with Gasteiger partial charge in [0.05, 0.1) is 16.3 Å². The minimum Gasteiger partial charge on any atom is -0.397 e. The highest BCUT2D eigenvalue weighted by Gasteiger charge is 2.20. The summed E-state index contributed by atoms with van der Waals surface area (Å²) in [5.74, 6) is -0.359. The standard InChI is InChI=1S/C19H15N5O3S2/c1-9-6-10(2)21-18-14(9)15(20)16(29-18)17(25)23-19-22-13(8-28-19)11-4-3-5-12(7-11)24(26)27/h3-8H,20H2,1-2H3,(H,22,23,25). The lowest BCUT2D eigenvalue weighted by atomic mass is 10.1. The average molecular weight is 425 g/mol. The molecule has 8 nitrogen and oxygen atoms in total. The highest BCUT2D eigenvalue weighted by atomic mass is 32.1. The van der Waals surface area contributed by atoms with E-state index in [0.29, 0.717) is 27.0 Å². The van der Waals surface area contributed by atoms with E-state index in [2.05, 4.69) is 15.3 Å². The van der Waals surface area contributed by atoms with Crippen LogP contribution in [0.4, 0.5) is 16.5 Å². The van der Waals surface area contributed by atoms with E-state index < -0.39 is 4.92 Å². The zero-order valence-corrected chi connectivity index (χ0v) is 17.1. The number of carbonyl (C=O) groups excluding carboxylic acids is 1. The molecular formula is C19H15N5O3S2. The molecule has 0 aliphatic carbocycles. The average Bonchev–Trinajstić information content (AvgIpc) is 3.26. The Labute approximate surface area is 173 Å². The van der Waals surface area contributed by atoms with Gasteiger partial charge in [-0.15, -0.1) is 22.7 Å². The summed E-state index contributed by atoms with van der Waals surface area (Å²) in [5, 5.41) is 16.6. The van der Waals surface area contributed by atoms with Crippen molar-refractivity contribution in [3.05, 3.63) is 62.0 Å². The summed E-state index contributed by atoms with van der Waals surface area (Å²) in [6.07, 6.45) is 0. The first-order valence-corrected chi connectivity index (χ1v) is 10.2. The predicted octanol–water partition coefficient (Wildman–Crippen LogP) is 4.78. The molecule has 4 aromatic rings. The Hall–Kier alpha value is -3.37. The van der Waals surface area contributed by atoms with Crippen LogP contribution in [0.25, 0.3) is 21.5 Å². The Morgan fingerprint density at radius 1 is 1.24 bits per heavy atom. The second-order valence-corrected chi connectivity index (χ2v) is 8.26. The van der Waals surface area contributed by atoms with E-state index in [-0.39, 0.29) is 11.6 Å². The summed E-state index contributed by atoms with van der Waals surface area (Å²) in [7, 11) is 0. The van der Waals surface area contributed by atoms with E-state index in [1.807, 2.05) is 19.9 Å². The Morgan fingerprint density at radius 2 is 2.03 bits per heavy atom. The van der Waals surface area contributed by atoms with Crippen molar-refractivity contribution >= 4 is 55.3 Å². The SMILES string of the molecule is Cc1cc(C)c2c(N)c(C(=O)Nc3nc(-c4cccc([N+](=O)[O-])c4)cs3)sc2n1. The van der Waals surface area contributed by atoms with Crippen LogP contribution in [0.5, 0.6) is 0 Å². The smallest absolute Gasteiger partial charge is 0.270 e. The number of hydrogen-bond donors (Lipinski definition) is 2. The molecular weight excluding hydrogens is 410 g/mol. The summed E-state index contributed by atoms with van der Waals surface area (Å²) in [4.78, 5) is 33.2. The van der Waals surface area contributed by atoms with Crippen molar-refractivity contribution in [3.8, 4) is 11.3 Å². The summed E-state index contributed by atoms with van der Waals surface area (Å²) < 4.78 is 0. The second kappa shape index (κ2) is 7.22. The van der Waals surface area contributed by atoms with Gasteiger partial charge >= 0.3 is 0 Å². The van der Waals surface area contributed by atoms with E-state index in [9.17, 15) is 14.9 Å². The van der Waals surface area contributed by atoms with Gasteiger partial charge in [-0.2, -0.15) is 0 Å². The molecule has 0 bridgehead atoms. The number of aromatic nitrogens is 2. The molecule has 0 atom stereocenters. The van der Waals surface area contributed by atoms with Gasteiger partial charge in [-0.05, 0) is 25.5 Å². The van der Waals surface area contributed by atoms with E-state index in [0.717, 1.165) is 21.5 Å². The zero-order valence-electron chi connectivity index (χ0n) is 15.4. The molecule has 146 valence electrons. The van der Waals surface area contributed by atoms with Gasteiger partial charge in [0, 0.05) is 34.2 Å². The quantitative estimate of drug-likeness (QED) is 0.358. The number of hydrogen-bond acceptors (Lipinski definition) is 8. The van der Waals surface area contributed by atoms with Crippen LogP contribution in [0.15, 0.2) is 35.7 Å². The summed E-state index contributed by atoms with van der Waals surface area (Å²) in [5.41, 5.74) is 9.60. The predicted molar refractivity (Wildman–Crippen MR) is 116 cm³/mol. The van der Waals surface area contributed by atoms with E-state index in [4.69, 9.17) is 5.73 Å². The van der Waals surface area contributed by atoms with Gasteiger partial charge < -0.3 is 5.73 Å². The molecule has 0 saturated carbocycles. The van der Waals surface area contributed by atoms with Crippen LogP contribution in [0.2, 0.25) is 0 Å². The number of nitro groups is 1. The zero-order chi connectivity index (χ0) is 20.7. The fourth-order valence-corrected chi connectivity index (χ4v) is 4.86. The van der Waals surface area contributed by atoms with Crippen molar-refractivity contribution in [1.82, 2.24) is 9.97 Å². The van der Waals surface area contributed by atoms with Crippen molar-refractivity contribution < 1.29 is 9.72 Å². The maximum Gasteiger partial charge on any atom is 0.270 e. The molecule has 10 heteroatoms. The molecule has 0 fully saturated rings. The third-order valence-corrected chi connectivity index (χ3v) is 6.16. The molecule has 3 heterocycles. The monoisotopic (exact) mass is 425 g/mol. The largest absolute Gasteiger partial charge is 0.397 e. The summed E-state index contributed by atoms with van der Waals surface area (Å²) in [6.45, 7) is 3.83.